The first kappa shape index (κ1) is 9.92. The molecule has 1 rings (SSSR count). The molecule has 0 radical (unpaired) electrons. The van der Waals surface area contributed by atoms with E-state index in [4.69, 9.17) is 11.6 Å². The number of hydrogen-bond acceptors (Lipinski definition) is 0. The standard InChI is InChI=1S/C7H6BrCl.FH/c1-5-3-2-4-6(8)7(5)9;/h2-4H,1H3;1H. The van der Waals surface area contributed by atoms with Crippen LogP contribution in [0.4, 0.5) is 4.70 Å². The van der Waals surface area contributed by atoms with Gasteiger partial charge in [-0.1, -0.05) is 23.7 Å². The van der Waals surface area contributed by atoms with Crippen molar-refractivity contribution in [3.05, 3.63) is 33.3 Å². The fraction of sp³-hybridized carbons (Fsp3) is 0.143. The van der Waals surface area contributed by atoms with Crippen molar-refractivity contribution < 1.29 is 4.70 Å². The van der Waals surface area contributed by atoms with Gasteiger partial charge in [0, 0.05) is 4.47 Å². The van der Waals surface area contributed by atoms with Gasteiger partial charge in [-0.2, -0.15) is 0 Å². The molecular formula is C7H7BrClF. The summed E-state index contributed by atoms with van der Waals surface area (Å²) in [5, 5.41) is 0.803. The van der Waals surface area contributed by atoms with Gasteiger partial charge in [0.1, 0.15) is 0 Å². The molecule has 0 saturated carbocycles. The van der Waals surface area contributed by atoms with Gasteiger partial charge in [-0.3, -0.25) is 4.70 Å². The van der Waals surface area contributed by atoms with Gasteiger partial charge in [0.2, 0.25) is 0 Å². The Morgan fingerprint density at radius 2 is 2.00 bits per heavy atom. The Bertz CT molecular complexity index is 205. The molecule has 0 N–H and O–H groups in total. The van der Waals surface area contributed by atoms with E-state index in [2.05, 4.69) is 15.9 Å². The molecule has 0 fully saturated rings. The number of aryl methyl sites for hydroxylation is 1. The molecule has 0 nitrogen and oxygen atoms in total. The summed E-state index contributed by atoms with van der Waals surface area (Å²) in [5.74, 6) is 0. The maximum atomic E-state index is 5.83. The van der Waals surface area contributed by atoms with Gasteiger partial charge in [0.05, 0.1) is 5.02 Å². The molecule has 0 spiro atoms. The van der Waals surface area contributed by atoms with Crippen molar-refractivity contribution in [3.8, 4) is 0 Å². The lowest BCUT2D eigenvalue weighted by atomic mass is 10.2. The largest absolute Gasteiger partial charge is 0.269 e. The van der Waals surface area contributed by atoms with Gasteiger partial charge in [0.25, 0.3) is 0 Å². The quantitative estimate of drug-likeness (QED) is 0.633. The van der Waals surface area contributed by atoms with Gasteiger partial charge >= 0.3 is 0 Å². The molecule has 0 heterocycles. The summed E-state index contributed by atoms with van der Waals surface area (Å²) < 4.78 is 0.962. The zero-order chi connectivity index (χ0) is 6.85. The highest BCUT2D eigenvalue weighted by molar-refractivity contribution is 9.10. The molecule has 0 aliphatic carbocycles. The first-order valence-electron chi connectivity index (χ1n) is 2.62. The fourth-order valence-corrected chi connectivity index (χ4v) is 1.20. The molecule has 0 aromatic heterocycles. The van der Waals surface area contributed by atoms with Crippen LogP contribution in [0.25, 0.3) is 0 Å². The summed E-state index contributed by atoms with van der Waals surface area (Å²) in [4.78, 5) is 0. The molecule has 0 aliphatic rings. The molecule has 0 unspecified atom stereocenters. The van der Waals surface area contributed by atoms with Gasteiger partial charge in [-0.05, 0) is 34.5 Å². The van der Waals surface area contributed by atoms with Crippen LogP contribution in [0, 0.1) is 6.92 Å². The minimum Gasteiger partial charge on any atom is -0.269 e. The Morgan fingerprint density at radius 3 is 2.40 bits per heavy atom. The lowest BCUT2D eigenvalue weighted by molar-refractivity contribution is 1.11. The van der Waals surface area contributed by atoms with E-state index in [1.54, 1.807) is 0 Å². The molecule has 10 heavy (non-hydrogen) atoms. The van der Waals surface area contributed by atoms with Crippen molar-refractivity contribution in [2.75, 3.05) is 0 Å². The Morgan fingerprint density at radius 1 is 1.40 bits per heavy atom. The third-order valence-electron chi connectivity index (χ3n) is 1.14. The highest BCUT2D eigenvalue weighted by atomic mass is 79.9. The molecular weight excluding hydrogens is 218 g/mol. The fourth-order valence-electron chi connectivity index (χ4n) is 0.612. The molecule has 0 atom stereocenters. The van der Waals surface area contributed by atoms with Crippen molar-refractivity contribution >= 4 is 27.5 Å². The van der Waals surface area contributed by atoms with E-state index < -0.39 is 0 Å². The first-order chi connectivity index (χ1) is 4.22. The van der Waals surface area contributed by atoms with Crippen LogP contribution in [0.15, 0.2) is 22.7 Å². The monoisotopic (exact) mass is 224 g/mol. The second kappa shape index (κ2) is 3.94. The average Bonchev–Trinajstić information content (AvgIpc) is 1.83. The van der Waals surface area contributed by atoms with Crippen molar-refractivity contribution in [1.82, 2.24) is 0 Å². The van der Waals surface area contributed by atoms with Crippen molar-refractivity contribution in [3.63, 3.8) is 0 Å². The highest BCUT2D eigenvalue weighted by Gasteiger charge is 1.96. The summed E-state index contributed by atoms with van der Waals surface area (Å²) in [6.07, 6.45) is 0. The summed E-state index contributed by atoms with van der Waals surface area (Å²) >= 11 is 9.14. The van der Waals surface area contributed by atoms with E-state index in [0.29, 0.717) is 0 Å². The molecule has 1 aromatic rings. The zero-order valence-electron chi connectivity index (χ0n) is 5.40. The summed E-state index contributed by atoms with van der Waals surface area (Å²) in [5.41, 5.74) is 1.10. The summed E-state index contributed by atoms with van der Waals surface area (Å²) in [6.45, 7) is 1.98. The Balaban J connectivity index is 0.000000810. The van der Waals surface area contributed by atoms with Crippen LogP contribution in [-0.2, 0) is 0 Å². The zero-order valence-corrected chi connectivity index (χ0v) is 7.74. The maximum Gasteiger partial charge on any atom is 0.0577 e. The Hall–Kier alpha value is -0.0800. The first-order valence-corrected chi connectivity index (χ1v) is 3.79. The minimum absolute atomic E-state index is 0. The van der Waals surface area contributed by atoms with E-state index in [1.807, 2.05) is 25.1 Å². The molecule has 56 valence electrons. The Kier molecular flexibility index (Phi) is 3.91. The third-order valence-corrected chi connectivity index (χ3v) is 2.54. The maximum absolute atomic E-state index is 5.83. The molecule has 0 aliphatic heterocycles. The van der Waals surface area contributed by atoms with Crippen LogP contribution >= 0.6 is 27.5 Å². The molecule has 0 saturated heterocycles. The van der Waals surface area contributed by atoms with E-state index >= 15 is 0 Å². The topological polar surface area (TPSA) is 0 Å². The van der Waals surface area contributed by atoms with Crippen LogP contribution in [0.3, 0.4) is 0 Å². The van der Waals surface area contributed by atoms with E-state index in [0.717, 1.165) is 15.1 Å². The smallest absolute Gasteiger partial charge is 0.0577 e. The van der Waals surface area contributed by atoms with Gasteiger partial charge in [-0.25, -0.2) is 0 Å². The molecule has 0 bridgehead atoms. The van der Waals surface area contributed by atoms with Gasteiger partial charge in [-0.15, -0.1) is 0 Å². The second-order valence-corrected chi connectivity index (χ2v) is 3.10. The van der Waals surface area contributed by atoms with Crippen LogP contribution < -0.4 is 0 Å². The van der Waals surface area contributed by atoms with Crippen LogP contribution in [0.1, 0.15) is 5.56 Å². The van der Waals surface area contributed by atoms with Crippen molar-refractivity contribution in [1.29, 1.82) is 0 Å². The second-order valence-electron chi connectivity index (χ2n) is 1.87. The molecule has 3 heteroatoms. The van der Waals surface area contributed by atoms with E-state index in [1.165, 1.54) is 0 Å². The van der Waals surface area contributed by atoms with E-state index in [-0.39, 0.29) is 4.70 Å². The Labute approximate surface area is 72.7 Å². The highest BCUT2D eigenvalue weighted by Crippen LogP contribution is 2.24. The predicted molar refractivity (Wildman–Crippen MR) is 46.4 cm³/mol. The van der Waals surface area contributed by atoms with Gasteiger partial charge in [0.15, 0.2) is 0 Å². The van der Waals surface area contributed by atoms with Crippen molar-refractivity contribution in [2.24, 2.45) is 0 Å². The van der Waals surface area contributed by atoms with Crippen LogP contribution in [0.5, 0.6) is 0 Å². The van der Waals surface area contributed by atoms with E-state index in [9.17, 15) is 0 Å². The minimum atomic E-state index is 0. The SMILES string of the molecule is Cc1cccc(Br)c1Cl.F. The lowest BCUT2D eigenvalue weighted by Crippen LogP contribution is -1.73. The molecule has 0 amide bonds. The number of halogens is 3. The summed E-state index contributed by atoms with van der Waals surface area (Å²) in [7, 11) is 0. The predicted octanol–water partition coefficient (Wildman–Crippen LogP) is 3.56. The number of benzene rings is 1. The third kappa shape index (κ3) is 1.96. The van der Waals surface area contributed by atoms with Crippen molar-refractivity contribution in [2.45, 2.75) is 6.92 Å². The normalized spacial score (nSPS) is 8.70. The average molecular weight is 225 g/mol. The number of rotatable bonds is 0. The van der Waals surface area contributed by atoms with Crippen LogP contribution in [-0.4, -0.2) is 0 Å². The summed E-state index contributed by atoms with van der Waals surface area (Å²) in [6, 6.07) is 5.87. The molecule has 1 aromatic carbocycles. The number of hydrogen-bond donors (Lipinski definition) is 0. The lowest BCUT2D eigenvalue weighted by Gasteiger charge is -1.96. The van der Waals surface area contributed by atoms with Gasteiger partial charge < -0.3 is 0 Å². The van der Waals surface area contributed by atoms with Crippen LogP contribution in [0.2, 0.25) is 5.02 Å².